The highest BCUT2D eigenvalue weighted by atomic mass is 19.3. The van der Waals surface area contributed by atoms with E-state index in [1.165, 1.54) is 25.3 Å². The van der Waals surface area contributed by atoms with Crippen molar-refractivity contribution >= 4 is 23.5 Å². The van der Waals surface area contributed by atoms with E-state index in [1.54, 1.807) is 18.2 Å². The molecule has 1 saturated heterocycles. The molecule has 1 aliphatic heterocycles. The zero-order valence-corrected chi connectivity index (χ0v) is 20.7. The minimum atomic E-state index is -3.42. The molecule has 2 amide bonds. The standard InChI is InChI=1S/C26H27F2N5O5/c1-15(30)25(36)37-13-23(34)33-9-7-22(26(27,28)14-33)38-21-5-4-17(10-18(21)12-29)20-11-19(6-8-31-20)32-24(35)16-2-3-16/h4-6,8,10-11,15-16,22H,2-3,7,9,13-14,30H2,1H3,(H,31,32,35)/t15-,22-/m0/s1. The van der Waals surface area contributed by atoms with E-state index >= 15 is 0 Å². The topological polar surface area (TPSA) is 148 Å². The second-order valence-corrected chi connectivity index (χ2v) is 9.38. The molecule has 0 spiro atoms. The van der Waals surface area contributed by atoms with Crippen molar-refractivity contribution in [3.63, 3.8) is 0 Å². The number of alkyl halides is 2. The zero-order valence-electron chi connectivity index (χ0n) is 20.7. The maximum absolute atomic E-state index is 14.9. The number of nitrogens with one attached hydrogen (secondary N) is 1. The Balaban J connectivity index is 1.42. The molecule has 1 aromatic heterocycles. The minimum Gasteiger partial charge on any atom is -0.483 e. The molecule has 12 heteroatoms. The average Bonchev–Trinajstić information content (AvgIpc) is 3.74. The lowest BCUT2D eigenvalue weighted by Crippen LogP contribution is -2.56. The van der Waals surface area contributed by atoms with Gasteiger partial charge in [-0.25, -0.2) is 8.78 Å². The van der Waals surface area contributed by atoms with Crippen molar-refractivity contribution in [2.45, 2.75) is 44.3 Å². The molecule has 2 heterocycles. The van der Waals surface area contributed by atoms with E-state index in [2.05, 4.69) is 10.3 Å². The van der Waals surface area contributed by atoms with Crippen LogP contribution < -0.4 is 15.8 Å². The monoisotopic (exact) mass is 527 g/mol. The lowest BCUT2D eigenvalue weighted by atomic mass is 10.0. The van der Waals surface area contributed by atoms with Gasteiger partial charge >= 0.3 is 11.9 Å². The summed E-state index contributed by atoms with van der Waals surface area (Å²) in [6.45, 7) is -0.260. The molecule has 1 aliphatic carbocycles. The maximum atomic E-state index is 14.9. The molecule has 38 heavy (non-hydrogen) atoms. The molecule has 0 bridgehead atoms. The first-order valence-corrected chi connectivity index (χ1v) is 12.1. The molecule has 2 fully saturated rings. The van der Waals surface area contributed by atoms with Gasteiger partial charge in [0.05, 0.1) is 17.8 Å². The summed E-state index contributed by atoms with van der Waals surface area (Å²) in [6.07, 6.45) is 1.50. The minimum absolute atomic E-state index is 0.0234. The maximum Gasteiger partial charge on any atom is 0.323 e. The number of benzene rings is 1. The van der Waals surface area contributed by atoms with Crippen LogP contribution >= 0.6 is 0 Å². The highest BCUT2D eigenvalue weighted by Crippen LogP contribution is 2.34. The van der Waals surface area contributed by atoms with Gasteiger partial charge in [-0.05, 0) is 50.1 Å². The van der Waals surface area contributed by atoms with Crippen molar-refractivity contribution in [2.24, 2.45) is 11.7 Å². The van der Waals surface area contributed by atoms with Crippen molar-refractivity contribution in [1.82, 2.24) is 9.88 Å². The molecule has 200 valence electrons. The number of likely N-dealkylation sites (tertiary alicyclic amines) is 1. The number of ether oxygens (including phenoxy) is 2. The number of aromatic nitrogens is 1. The van der Waals surface area contributed by atoms with E-state index < -0.39 is 43.1 Å². The van der Waals surface area contributed by atoms with E-state index in [0.717, 1.165) is 17.7 Å². The molecule has 1 saturated carbocycles. The van der Waals surface area contributed by atoms with E-state index in [1.807, 2.05) is 6.07 Å². The number of nitrogens with two attached hydrogens (primary N) is 1. The molecule has 10 nitrogen and oxygen atoms in total. The number of nitrogens with zero attached hydrogens (tertiary/aromatic N) is 3. The summed E-state index contributed by atoms with van der Waals surface area (Å²) >= 11 is 0. The highest BCUT2D eigenvalue weighted by molar-refractivity contribution is 5.94. The van der Waals surface area contributed by atoms with Crippen LogP contribution in [0.4, 0.5) is 14.5 Å². The Bertz CT molecular complexity index is 1270. The number of nitriles is 1. The smallest absolute Gasteiger partial charge is 0.323 e. The summed E-state index contributed by atoms with van der Waals surface area (Å²) in [4.78, 5) is 40.9. The number of esters is 1. The van der Waals surface area contributed by atoms with Crippen LogP contribution in [0, 0.1) is 17.2 Å². The van der Waals surface area contributed by atoms with Gasteiger partial charge in [-0.2, -0.15) is 5.26 Å². The van der Waals surface area contributed by atoms with E-state index in [9.17, 15) is 28.4 Å². The molecule has 0 radical (unpaired) electrons. The summed E-state index contributed by atoms with van der Waals surface area (Å²) in [6, 6.07) is 8.86. The summed E-state index contributed by atoms with van der Waals surface area (Å²) in [7, 11) is 0. The number of carbonyl (C=O) groups is 3. The van der Waals surface area contributed by atoms with Crippen molar-refractivity contribution in [2.75, 3.05) is 25.0 Å². The molecule has 0 unspecified atom stereocenters. The second kappa shape index (κ2) is 11.1. The number of hydrogen-bond acceptors (Lipinski definition) is 8. The number of pyridine rings is 1. The number of hydrogen-bond donors (Lipinski definition) is 2. The van der Waals surface area contributed by atoms with Gasteiger partial charge in [0, 0.05) is 36.3 Å². The first-order chi connectivity index (χ1) is 18.1. The van der Waals surface area contributed by atoms with Crippen molar-refractivity contribution in [3.8, 4) is 23.1 Å². The van der Waals surface area contributed by atoms with Crippen LogP contribution in [-0.4, -0.2) is 65.4 Å². The number of halogens is 2. The summed E-state index contributed by atoms with van der Waals surface area (Å²) in [5, 5.41) is 12.5. The Labute approximate surface area is 217 Å². The number of anilines is 1. The van der Waals surface area contributed by atoms with Crippen molar-refractivity contribution < 1.29 is 32.6 Å². The Hall–Kier alpha value is -4.11. The SMILES string of the molecule is C[C@H](N)C(=O)OCC(=O)N1CC[C@H](Oc2ccc(-c3cc(NC(=O)C4CC4)ccn3)cc2C#N)C(F)(F)C1. The van der Waals surface area contributed by atoms with Gasteiger partial charge in [0.1, 0.15) is 17.9 Å². The molecule has 1 aromatic carbocycles. The second-order valence-electron chi connectivity index (χ2n) is 9.38. The van der Waals surface area contributed by atoms with Gasteiger partial charge in [0.25, 0.3) is 5.91 Å². The fourth-order valence-electron chi connectivity index (χ4n) is 3.92. The largest absolute Gasteiger partial charge is 0.483 e. The first kappa shape index (κ1) is 26.9. The molecular formula is C26H27F2N5O5. The van der Waals surface area contributed by atoms with Gasteiger partial charge < -0.3 is 25.4 Å². The third-order valence-corrected chi connectivity index (χ3v) is 6.24. The Kier molecular flexibility index (Phi) is 7.87. The van der Waals surface area contributed by atoms with Gasteiger partial charge in [0.15, 0.2) is 12.7 Å². The quantitative estimate of drug-likeness (QED) is 0.498. The van der Waals surface area contributed by atoms with Crippen molar-refractivity contribution in [1.29, 1.82) is 5.26 Å². The predicted octanol–water partition coefficient (Wildman–Crippen LogP) is 2.47. The number of amides is 2. The molecule has 3 N–H and O–H groups in total. The molecule has 2 aliphatic rings. The normalized spacial score (nSPS) is 19.1. The fourth-order valence-corrected chi connectivity index (χ4v) is 3.92. The van der Waals surface area contributed by atoms with Crippen LogP contribution in [0.25, 0.3) is 11.3 Å². The number of rotatable bonds is 8. The Morgan fingerprint density at radius 2 is 2.03 bits per heavy atom. The summed E-state index contributed by atoms with van der Waals surface area (Å²) in [5.41, 5.74) is 7.00. The van der Waals surface area contributed by atoms with Crippen molar-refractivity contribution in [3.05, 3.63) is 42.1 Å². The van der Waals surface area contributed by atoms with Crippen LogP contribution in [0.3, 0.4) is 0 Å². The van der Waals surface area contributed by atoms with Gasteiger partial charge in [-0.1, -0.05) is 0 Å². The molecule has 2 aromatic rings. The van der Waals surface area contributed by atoms with Crippen LogP contribution in [0.5, 0.6) is 5.75 Å². The van der Waals surface area contributed by atoms with Crippen LogP contribution in [0.15, 0.2) is 36.5 Å². The predicted molar refractivity (Wildman–Crippen MR) is 131 cm³/mol. The van der Waals surface area contributed by atoms with Gasteiger partial charge in [-0.15, -0.1) is 0 Å². The first-order valence-electron chi connectivity index (χ1n) is 12.1. The number of piperidine rings is 1. The summed E-state index contributed by atoms with van der Waals surface area (Å²) < 4.78 is 40.1. The molecular weight excluding hydrogens is 500 g/mol. The zero-order chi connectivity index (χ0) is 27.4. The highest BCUT2D eigenvalue weighted by Gasteiger charge is 2.48. The van der Waals surface area contributed by atoms with Gasteiger partial charge in [0.2, 0.25) is 5.91 Å². The van der Waals surface area contributed by atoms with E-state index in [0.29, 0.717) is 16.9 Å². The lowest BCUT2D eigenvalue weighted by molar-refractivity contribution is -0.166. The Morgan fingerprint density at radius 3 is 2.68 bits per heavy atom. The average molecular weight is 528 g/mol. The third-order valence-electron chi connectivity index (χ3n) is 6.24. The fraction of sp³-hybridized carbons (Fsp3) is 0.423. The summed E-state index contributed by atoms with van der Waals surface area (Å²) in [5.74, 6) is -5.02. The van der Waals surface area contributed by atoms with Gasteiger partial charge in [-0.3, -0.25) is 19.4 Å². The van der Waals surface area contributed by atoms with Crippen LogP contribution in [0.2, 0.25) is 0 Å². The van der Waals surface area contributed by atoms with E-state index in [4.69, 9.17) is 15.2 Å². The number of carbonyl (C=O) groups excluding carboxylic acids is 3. The Morgan fingerprint density at radius 1 is 1.26 bits per heavy atom. The lowest BCUT2D eigenvalue weighted by Gasteiger charge is -2.38. The molecule has 4 rings (SSSR count). The van der Waals surface area contributed by atoms with Crippen LogP contribution in [0.1, 0.15) is 31.7 Å². The van der Waals surface area contributed by atoms with E-state index in [-0.39, 0.29) is 36.1 Å². The van der Waals surface area contributed by atoms with Crippen LogP contribution in [-0.2, 0) is 19.1 Å². The molecule has 2 atom stereocenters. The third kappa shape index (κ3) is 6.41.